The normalized spacial score (nSPS) is 10.5. The largest absolute Gasteiger partial charge is 0.491 e. The van der Waals surface area contributed by atoms with E-state index in [4.69, 9.17) is 16.3 Å². The molecule has 1 aromatic rings. The highest BCUT2D eigenvalue weighted by atomic mass is 35.5. The van der Waals surface area contributed by atoms with Crippen molar-refractivity contribution in [3.05, 3.63) is 23.2 Å². The van der Waals surface area contributed by atoms with Crippen LogP contribution < -0.4 is 4.74 Å². The van der Waals surface area contributed by atoms with Gasteiger partial charge in [-0.3, -0.25) is 0 Å². The maximum Gasteiger partial charge on any atom is 0.121 e. The molecule has 0 aliphatic carbocycles. The summed E-state index contributed by atoms with van der Waals surface area (Å²) in [6.07, 6.45) is 2.20. The lowest BCUT2D eigenvalue weighted by atomic mass is 10.3. The lowest BCUT2D eigenvalue weighted by molar-refractivity contribution is 0.242. The number of halogens is 1. The van der Waals surface area contributed by atoms with Gasteiger partial charge in [-0.15, -0.1) is 11.8 Å². The van der Waals surface area contributed by atoms with Gasteiger partial charge < -0.3 is 4.74 Å². The lowest BCUT2D eigenvalue weighted by Crippen LogP contribution is -2.05. The molecule has 13 heavy (non-hydrogen) atoms. The molecule has 3 heteroatoms. The number of hydrogen-bond acceptors (Lipinski definition) is 2. The van der Waals surface area contributed by atoms with Crippen molar-refractivity contribution in [3.63, 3.8) is 0 Å². The Morgan fingerprint density at radius 3 is 2.54 bits per heavy atom. The molecule has 0 amide bonds. The minimum absolute atomic E-state index is 0.191. The monoisotopic (exact) mass is 216 g/mol. The van der Waals surface area contributed by atoms with Crippen LogP contribution in [0.25, 0.3) is 0 Å². The lowest BCUT2D eigenvalue weighted by Gasteiger charge is -2.10. The molecule has 0 aliphatic heterocycles. The van der Waals surface area contributed by atoms with Crippen molar-refractivity contribution in [3.8, 4) is 5.75 Å². The Hall–Kier alpha value is -0.340. The SMILES string of the molecule is CSc1ccc(OC(C)C)cc1Cl. The topological polar surface area (TPSA) is 9.23 Å². The highest BCUT2D eigenvalue weighted by Crippen LogP contribution is 2.29. The molecule has 0 fully saturated rings. The molecule has 0 aliphatic rings. The second-order valence-corrected chi connectivity index (χ2v) is 4.22. The van der Waals surface area contributed by atoms with E-state index in [0.29, 0.717) is 0 Å². The van der Waals surface area contributed by atoms with Crippen LogP contribution in [0.3, 0.4) is 0 Å². The Labute approximate surface area is 88.4 Å². The van der Waals surface area contributed by atoms with Gasteiger partial charge in [-0.1, -0.05) is 11.6 Å². The molecule has 0 unspecified atom stereocenters. The summed E-state index contributed by atoms with van der Waals surface area (Å²) in [7, 11) is 0. The van der Waals surface area contributed by atoms with E-state index < -0.39 is 0 Å². The van der Waals surface area contributed by atoms with E-state index in [1.165, 1.54) is 0 Å². The van der Waals surface area contributed by atoms with Gasteiger partial charge in [0.15, 0.2) is 0 Å². The van der Waals surface area contributed by atoms with Gasteiger partial charge in [-0.2, -0.15) is 0 Å². The van der Waals surface area contributed by atoms with Crippen molar-refractivity contribution in [1.29, 1.82) is 0 Å². The highest BCUT2D eigenvalue weighted by molar-refractivity contribution is 7.98. The minimum Gasteiger partial charge on any atom is -0.491 e. The minimum atomic E-state index is 0.191. The zero-order valence-corrected chi connectivity index (χ0v) is 9.58. The number of thioether (sulfide) groups is 1. The average Bonchev–Trinajstić information content (AvgIpc) is 2.03. The summed E-state index contributed by atoms with van der Waals surface area (Å²) in [5.41, 5.74) is 0. The quantitative estimate of drug-likeness (QED) is 0.710. The molecule has 1 aromatic carbocycles. The molecule has 0 bridgehead atoms. The first-order valence-corrected chi connectivity index (χ1v) is 5.74. The Balaban J connectivity index is 2.83. The average molecular weight is 217 g/mol. The predicted octanol–water partition coefficient (Wildman–Crippen LogP) is 3.85. The van der Waals surface area contributed by atoms with E-state index in [0.717, 1.165) is 15.7 Å². The van der Waals surface area contributed by atoms with E-state index in [9.17, 15) is 0 Å². The zero-order chi connectivity index (χ0) is 9.84. The maximum absolute atomic E-state index is 6.01. The molecule has 0 heterocycles. The van der Waals surface area contributed by atoms with Gasteiger partial charge in [-0.25, -0.2) is 0 Å². The fraction of sp³-hybridized carbons (Fsp3) is 0.400. The summed E-state index contributed by atoms with van der Waals surface area (Å²) in [6.45, 7) is 3.99. The fourth-order valence-corrected chi connectivity index (χ4v) is 1.85. The third-order valence-electron chi connectivity index (χ3n) is 1.50. The molecule has 0 radical (unpaired) electrons. The van der Waals surface area contributed by atoms with E-state index in [1.54, 1.807) is 11.8 Å². The smallest absolute Gasteiger partial charge is 0.121 e. The Morgan fingerprint density at radius 1 is 1.38 bits per heavy atom. The summed E-state index contributed by atoms with van der Waals surface area (Å²) in [5, 5.41) is 0.755. The summed E-state index contributed by atoms with van der Waals surface area (Å²) in [4.78, 5) is 1.08. The van der Waals surface area contributed by atoms with Crippen molar-refractivity contribution in [2.24, 2.45) is 0 Å². The van der Waals surface area contributed by atoms with Crippen LogP contribution >= 0.6 is 23.4 Å². The molecule has 1 nitrogen and oxygen atoms in total. The third-order valence-corrected chi connectivity index (χ3v) is 2.72. The fourth-order valence-electron chi connectivity index (χ4n) is 0.993. The highest BCUT2D eigenvalue weighted by Gasteiger charge is 2.02. The van der Waals surface area contributed by atoms with Gasteiger partial charge in [0.25, 0.3) is 0 Å². The van der Waals surface area contributed by atoms with Crippen LogP contribution in [0.1, 0.15) is 13.8 Å². The maximum atomic E-state index is 6.01. The second-order valence-electron chi connectivity index (χ2n) is 2.96. The molecule has 0 saturated carbocycles. The number of benzene rings is 1. The van der Waals surface area contributed by atoms with Crippen LogP contribution in [0.4, 0.5) is 0 Å². The van der Waals surface area contributed by atoms with Crippen LogP contribution in [-0.4, -0.2) is 12.4 Å². The molecule has 72 valence electrons. The summed E-state index contributed by atoms with van der Waals surface area (Å²) in [5.74, 6) is 0.831. The number of ether oxygens (including phenoxy) is 1. The first-order valence-electron chi connectivity index (χ1n) is 4.13. The van der Waals surface area contributed by atoms with Crippen molar-refractivity contribution >= 4 is 23.4 Å². The third kappa shape index (κ3) is 3.12. The van der Waals surface area contributed by atoms with Crippen LogP contribution in [0.5, 0.6) is 5.75 Å². The van der Waals surface area contributed by atoms with Crippen LogP contribution in [0.2, 0.25) is 5.02 Å². The Kier molecular flexibility index (Phi) is 3.94. The summed E-state index contributed by atoms with van der Waals surface area (Å²) < 4.78 is 5.50. The molecular weight excluding hydrogens is 204 g/mol. The molecular formula is C10H13ClOS. The Bertz CT molecular complexity index is 286. The summed E-state index contributed by atoms with van der Waals surface area (Å²) >= 11 is 7.65. The van der Waals surface area contributed by atoms with Gasteiger partial charge in [0.2, 0.25) is 0 Å². The van der Waals surface area contributed by atoms with Gasteiger partial charge >= 0.3 is 0 Å². The predicted molar refractivity (Wildman–Crippen MR) is 59.0 cm³/mol. The van der Waals surface area contributed by atoms with E-state index >= 15 is 0 Å². The van der Waals surface area contributed by atoms with E-state index in [2.05, 4.69) is 0 Å². The first-order chi connectivity index (χ1) is 6.13. The van der Waals surface area contributed by atoms with Crippen LogP contribution in [0.15, 0.2) is 23.1 Å². The molecule has 1 rings (SSSR count). The number of rotatable bonds is 3. The van der Waals surface area contributed by atoms with Crippen LogP contribution in [0, 0.1) is 0 Å². The van der Waals surface area contributed by atoms with Crippen molar-refractivity contribution in [2.45, 2.75) is 24.8 Å². The van der Waals surface area contributed by atoms with Crippen molar-refractivity contribution in [1.82, 2.24) is 0 Å². The van der Waals surface area contributed by atoms with Gasteiger partial charge in [0.05, 0.1) is 11.1 Å². The van der Waals surface area contributed by atoms with Crippen molar-refractivity contribution in [2.75, 3.05) is 6.26 Å². The molecule has 0 atom stereocenters. The van der Waals surface area contributed by atoms with E-state index in [1.807, 2.05) is 38.3 Å². The standard InChI is InChI=1S/C10H13ClOS/c1-7(2)12-8-4-5-10(13-3)9(11)6-8/h4-7H,1-3H3. The molecule has 0 spiro atoms. The molecule has 0 saturated heterocycles. The van der Waals surface area contributed by atoms with Gasteiger partial charge in [-0.05, 0) is 38.3 Å². The zero-order valence-electron chi connectivity index (χ0n) is 8.00. The Morgan fingerprint density at radius 2 is 2.08 bits per heavy atom. The van der Waals surface area contributed by atoms with Crippen LogP contribution in [-0.2, 0) is 0 Å². The molecule has 0 N–H and O–H groups in total. The first kappa shape index (κ1) is 10.7. The van der Waals surface area contributed by atoms with E-state index in [-0.39, 0.29) is 6.10 Å². The second kappa shape index (κ2) is 4.77. The molecule has 0 aromatic heterocycles. The van der Waals surface area contributed by atoms with Gasteiger partial charge in [0.1, 0.15) is 5.75 Å². The van der Waals surface area contributed by atoms with Gasteiger partial charge in [0, 0.05) is 4.90 Å². The van der Waals surface area contributed by atoms with Crippen molar-refractivity contribution < 1.29 is 4.74 Å². The summed E-state index contributed by atoms with van der Waals surface area (Å²) in [6, 6.07) is 5.77. The number of hydrogen-bond donors (Lipinski definition) is 0.